The van der Waals surface area contributed by atoms with Crippen molar-refractivity contribution in [3.05, 3.63) is 53.5 Å². The van der Waals surface area contributed by atoms with Gasteiger partial charge in [0.05, 0.1) is 12.6 Å². The molecule has 0 amide bonds. The van der Waals surface area contributed by atoms with Crippen LogP contribution in [0.2, 0.25) is 0 Å². The van der Waals surface area contributed by atoms with Gasteiger partial charge in [0.1, 0.15) is 18.1 Å². The lowest BCUT2D eigenvalue weighted by Gasteiger charge is -2.12. The van der Waals surface area contributed by atoms with E-state index in [2.05, 4.69) is 5.32 Å². The fourth-order valence-electron chi connectivity index (χ4n) is 1.81. The standard InChI is InChI=1S/C14H17NO3/c1-10(17)13-4-2-3-5-14(13)15-8-11-6-7-12(9-16)18-11/h2-7,10,15-17H,8-9H2,1H3. The number of anilines is 1. The quantitative estimate of drug-likeness (QED) is 0.759. The van der Waals surface area contributed by atoms with Gasteiger partial charge < -0.3 is 19.9 Å². The summed E-state index contributed by atoms with van der Waals surface area (Å²) in [6.07, 6.45) is -0.515. The molecule has 1 unspecified atom stereocenters. The molecule has 0 fully saturated rings. The zero-order chi connectivity index (χ0) is 13.0. The molecule has 1 heterocycles. The number of aliphatic hydroxyl groups is 2. The van der Waals surface area contributed by atoms with Crippen LogP contribution in [0, 0.1) is 0 Å². The maximum Gasteiger partial charge on any atom is 0.129 e. The van der Waals surface area contributed by atoms with Crippen molar-refractivity contribution >= 4 is 5.69 Å². The monoisotopic (exact) mass is 247 g/mol. The number of aliphatic hydroxyl groups excluding tert-OH is 2. The van der Waals surface area contributed by atoms with E-state index in [0.29, 0.717) is 12.3 Å². The smallest absolute Gasteiger partial charge is 0.129 e. The summed E-state index contributed by atoms with van der Waals surface area (Å²) in [5, 5.41) is 21.8. The van der Waals surface area contributed by atoms with Crippen LogP contribution >= 0.6 is 0 Å². The molecule has 1 atom stereocenters. The molecule has 0 saturated carbocycles. The minimum Gasteiger partial charge on any atom is -0.462 e. The lowest BCUT2D eigenvalue weighted by molar-refractivity contribution is 0.200. The van der Waals surface area contributed by atoms with Crippen molar-refractivity contribution in [3.63, 3.8) is 0 Å². The molecule has 2 rings (SSSR count). The molecule has 0 aliphatic rings. The van der Waals surface area contributed by atoms with Gasteiger partial charge in [0.2, 0.25) is 0 Å². The predicted molar refractivity (Wildman–Crippen MR) is 69.0 cm³/mol. The highest BCUT2D eigenvalue weighted by Gasteiger charge is 2.07. The lowest BCUT2D eigenvalue weighted by atomic mass is 10.1. The number of hydrogen-bond acceptors (Lipinski definition) is 4. The fraction of sp³-hybridized carbons (Fsp3) is 0.286. The van der Waals surface area contributed by atoms with Crippen molar-refractivity contribution in [1.82, 2.24) is 0 Å². The van der Waals surface area contributed by atoms with E-state index in [-0.39, 0.29) is 6.61 Å². The van der Waals surface area contributed by atoms with E-state index in [9.17, 15) is 5.11 Å². The van der Waals surface area contributed by atoms with Gasteiger partial charge in [-0.3, -0.25) is 0 Å². The Hall–Kier alpha value is -1.78. The van der Waals surface area contributed by atoms with Gasteiger partial charge in [0, 0.05) is 11.3 Å². The van der Waals surface area contributed by atoms with E-state index < -0.39 is 6.10 Å². The number of benzene rings is 1. The third kappa shape index (κ3) is 2.91. The van der Waals surface area contributed by atoms with E-state index in [1.807, 2.05) is 30.3 Å². The summed E-state index contributed by atoms with van der Waals surface area (Å²) in [4.78, 5) is 0. The molecule has 0 bridgehead atoms. The molecule has 0 radical (unpaired) electrons. The third-order valence-electron chi connectivity index (χ3n) is 2.74. The van der Waals surface area contributed by atoms with Gasteiger partial charge in [0.25, 0.3) is 0 Å². The molecular weight excluding hydrogens is 230 g/mol. The van der Waals surface area contributed by atoms with Crippen molar-refractivity contribution < 1.29 is 14.6 Å². The van der Waals surface area contributed by atoms with E-state index in [0.717, 1.165) is 17.0 Å². The molecule has 96 valence electrons. The highest BCUT2D eigenvalue weighted by atomic mass is 16.4. The highest BCUT2D eigenvalue weighted by molar-refractivity contribution is 5.52. The Labute approximate surface area is 106 Å². The summed E-state index contributed by atoms with van der Waals surface area (Å²) in [6.45, 7) is 2.16. The predicted octanol–water partition coefficient (Wildman–Crippen LogP) is 2.44. The molecule has 0 saturated heterocycles. The average Bonchev–Trinajstić information content (AvgIpc) is 2.84. The fourth-order valence-corrected chi connectivity index (χ4v) is 1.81. The normalized spacial score (nSPS) is 12.4. The maximum absolute atomic E-state index is 9.65. The van der Waals surface area contributed by atoms with E-state index in [4.69, 9.17) is 9.52 Å². The second-order valence-corrected chi connectivity index (χ2v) is 4.14. The van der Waals surface area contributed by atoms with E-state index >= 15 is 0 Å². The Morgan fingerprint density at radius 1 is 1.17 bits per heavy atom. The average molecular weight is 247 g/mol. The first-order valence-corrected chi connectivity index (χ1v) is 5.90. The van der Waals surface area contributed by atoms with E-state index in [1.165, 1.54) is 0 Å². The van der Waals surface area contributed by atoms with Crippen molar-refractivity contribution in [2.45, 2.75) is 26.2 Å². The second-order valence-electron chi connectivity index (χ2n) is 4.14. The van der Waals surface area contributed by atoms with Crippen LogP contribution in [0.15, 0.2) is 40.8 Å². The van der Waals surface area contributed by atoms with Crippen LogP contribution in [0.3, 0.4) is 0 Å². The first-order valence-electron chi connectivity index (χ1n) is 5.90. The minimum absolute atomic E-state index is 0.0930. The second kappa shape index (κ2) is 5.71. The Kier molecular flexibility index (Phi) is 4.02. The van der Waals surface area contributed by atoms with Gasteiger partial charge in [-0.1, -0.05) is 18.2 Å². The number of furan rings is 1. The summed E-state index contributed by atoms with van der Waals surface area (Å²) < 4.78 is 5.38. The van der Waals surface area contributed by atoms with Crippen molar-refractivity contribution in [1.29, 1.82) is 0 Å². The van der Waals surface area contributed by atoms with Gasteiger partial charge in [-0.05, 0) is 25.1 Å². The van der Waals surface area contributed by atoms with Crippen LogP contribution < -0.4 is 5.32 Å². The molecule has 0 aliphatic heterocycles. The molecule has 1 aromatic heterocycles. The molecule has 0 spiro atoms. The maximum atomic E-state index is 9.65. The van der Waals surface area contributed by atoms with Crippen LogP contribution in [0.1, 0.15) is 30.1 Å². The summed E-state index contributed by atoms with van der Waals surface area (Å²) in [7, 11) is 0. The largest absolute Gasteiger partial charge is 0.462 e. The Morgan fingerprint density at radius 2 is 1.89 bits per heavy atom. The molecule has 4 heteroatoms. The summed E-state index contributed by atoms with van der Waals surface area (Å²) >= 11 is 0. The number of hydrogen-bond donors (Lipinski definition) is 3. The molecule has 3 N–H and O–H groups in total. The summed E-state index contributed by atoms with van der Waals surface area (Å²) in [5.74, 6) is 1.30. The molecule has 1 aromatic carbocycles. The highest BCUT2D eigenvalue weighted by Crippen LogP contribution is 2.23. The molecule has 18 heavy (non-hydrogen) atoms. The minimum atomic E-state index is -0.515. The van der Waals surface area contributed by atoms with Crippen LogP contribution in [0.25, 0.3) is 0 Å². The van der Waals surface area contributed by atoms with Crippen LogP contribution in [-0.2, 0) is 13.2 Å². The van der Waals surface area contributed by atoms with Gasteiger partial charge in [0.15, 0.2) is 0 Å². The zero-order valence-electron chi connectivity index (χ0n) is 10.3. The lowest BCUT2D eigenvalue weighted by Crippen LogP contribution is -2.03. The van der Waals surface area contributed by atoms with Gasteiger partial charge >= 0.3 is 0 Å². The van der Waals surface area contributed by atoms with Crippen LogP contribution in [-0.4, -0.2) is 10.2 Å². The van der Waals surface area contributed by atoms with Crippen molar-refractivity contribution in [2.24, 2.45) is 0 Å². The molecular formula is C14H17NO3. The zero-order valence-corrected chi connectivity index (χ0v) is 10.3. The topological polar surface area (TPSA) is 65.6 Å². The van der Waals surface area contributed by atoms with Crippen molar-refractivity contribution in [2.75, 3.05) is 5.32 Å². The van der Waals surface area contributed by atoms with Crippen LogP contribution in [0.4, 0.5) is 5.69 Å². The third-order valence-corrected chi connectivity index (χ3v) is 2.74. The Balaban J connectivity index is 2.05. The molecule has 0 aliphatic carbocycles. The van der Waals surface area contributed by atoms with Gasteiger partial charge in [-0.2, -0.15) is 0 Å². The molecule has 2 aromatic rings. The Bertz CT molecular complexity index is 505. The SMILES string of the molecule is CC(O)c1ccccc1NCc1ccc(CO)o1. The number of nitrogens with one attached hydrogen (secondary N) is 1. The first-order chi connectivity index (χ1) is 8.70. The summed E-state index contributed by atoms with van der Waals surface area (Å²) in [5.41, 5.74) is 1.74. The van der Waals surface area contributed by atoms with Crippen LogP contribution in [0.5, 0.6) is 0 Å². The van der Waals surface area contributed by atoms with Gasteiger partial charge in [-0.25, -0.2) is 0 Å². The van der Waals surface area contributed by atoms with Crippen molar-refractivity contribution in [3.8, 4) is 0 Å². The van der Waals surface area contributed by atoms with Gasteiger partial charge in [-0.15, -0.1) is 0 Å². The summed E-state index contributed by atoms with van der Waals surface area (Å²) in [6, 6.07) is 11.2. The number of rotatable bonds is 5. The van der Waals surface area contributed by atoms with E-state index in [1.54, 1.807) is 13.0 Å². The molecule has 4 nitrogen and oxygen atoms in total. The number of para-hydroxylation sites is 1. The Morgan fingerprint density at radius 3 is 2.56 bits per heavy atom. The first kappa shape index (κ1) is 12.7.